The average molecular weight is 339 g/mol. The van der Waals surface area contributed by atoms with Crippen LogP contribution in [0.1, 0.15) is 23.9 Å². The van der Waals surface area contributed by atoms with Crippen LogP contribution >= 0.6 is 0 Å². The Labute approximate surface area is 146 Å². The molecular weight excluding hydrogens is 317 g/mol. The number of pyridine rings is 1. The molecule has 0 atom stereocenters. The molecule has 1 aromatic carbocycles. The molecule has 2 N–H and O–H groups in total. The van der Waals surface area contributed by atoms with E-state index in [1.54, 1.807) is 12.1 Å². The molecule has 0 amide bonds. The Hall–Kier alpha value is -2.89. The predicted molar refractivity (Wildman–Crippen MR) is 98.0 cm³/mol. The fraction of sp³-hybridized carbons (Fsp3) is 0.263. The van der Waals surface area contributed by atoms with Crippen LogP contribution in [0.2, 0.25) is 0 Å². The molecule has 0 saturated heterocycles. The van der Waals surface area contributed by atoms with Crippen LogP contribution in [0.5, 0.6) is 0 Å². The molecule has 0 unspecified atom stereocenters. The van der Waals surface area contributed by atoms with Crippen molar-refractivity contribution < 1.29 is 4.39 Å². The van der Waals surface area contributed by atoms with Crippen molar-refractivity contribution in [2.45, 2.75) is 26.9 Å². The first-order chi connectivity index (χ1) is 12.2. The molecule has 6 heteroatoms. The van der Waals surface area contributed by atoms with Gasteiger partial charge in [0.1, 0.15) is 11.5 Å². The largest absolute Gasteiger partial charge is 0.357 e. The van der Waals surface area contributed by atoms with Gasteiger partial charge in [-0.15, -0.1) is 0 Å². The standard InChI is InChI=1S/C19H22FN5/c1-3-21-19(22-11-15-8-4-5-9-17(15)20)23-12-16-13-25-14(2)7-6-10-18(25)24-16/h4-10,13H,3,11-12H2,1-2H3,(H2,21,22,23). The number of aryl methyl sites for hydroxylation is 1. The first-order valence-electron chi connectivity index (χ1n) is 8.36. The summed E-state index contributed by atoms with van der Waals surface area (Å²) in [6.45, 7) is 5.60. The fourth-order valence-electron chi connectivity index (χ4n) is 2.59. The maximum absolute atomic E-state index is 13.7. The third-order valence-electron chi connectivity index (χ3n) is 3.89. The second kappa shape index (κ2) is 7.79. The van der Waals surface area contributed by atoms with Crippen LogP contribution in [0.4, 0.5) is 4.39 Å². The predicted octanol–water partition coefficient (Wildman–Crippen LogP) is 3.04. The number of guanidine groups is 1. The minimum Gasteiger partial charge on any atom is -0.357 e. The second-order valence-corrected chi connectivity index (χ2v) is 5.77. The van der Waals surface area contributed by atoms with Gasteiger partial charge in [0.2, 0.25) is 0 Å². The second-order valence-electron chi connectivity index (χ2n) is 5.77. The lowest BCUT2D eigenvalue weighted by Crippen LogP contribution is -2.36. The maximum atomic E-state index is 13.7. The highest BCUT2D eigenvalue weighted by Crippen LogP contribution is 2.09. The molecule has 0 aliphatic rings. The van der Waals surface area contributed by atoms with Crippen molar-refractivity contribution in [2.24, 2.45) is 4.99 Å². The molecule has 3 aromatic rings. The quantitative estimate of drug-likeness (QED) is 0.555. The summed E-state index contributed by atoms with van der Waals surface area (Å²) in [5, 5.41) is 6.42. The van der Waals surface area contributed by atoms with E-state index in [1.807, 2.05) is 44.3 Å². The van der Waals surface area contributed by atoms with Crippen LogP contribution in [-0.4, -0.2) is 21.9 Å². The lowest BCUT2D eigenvalue weighted by Gasteiger charge is -2.10. The number of halogens is 1. The van der Waals surface area contributed by atoms with E-state index >= 15 is 0 Å². The Balaban J connectivity index is 1.69. The molecule has 2 aromatic heterocycles. The van der Waals surface area contributed by atoms with E-state index in [4.69, 9.17) is 0 Å². The SMILES string of the molecule is CCNC(=NCc1ccccc1F)NCc1cn2c(C)cccc2n1. The summed E-state index contributed by atoms with van der Waals surface area (Å²) in [6.07, 6.45) is 2.01. The molecule has 0 saturated carbocycles. The lowest BCUT2D eigenvalue weighted by atomic mass is 10.2. The van der Waals surface area contributed by atoms with Crippen LogP contribution < -0.4 is 10.6 Å². The lowest BCUT2D eigenvalue weighted by molar-refractivity contribution is 0.610. The summed E-state index contributed by atoms with van der Waals surface area (Å²) in [7, 11) is 0. The van der Waals surface area contributed by atoms with E-state index in [9.17, 15) is 4.39 Å². The Morgan fingerprint density at radius 1 is 1.16 bits per heavy atom. The highest BCUT2D eigenvalue weighted by molar-refractivity contribution is 5.79. The number of nitrogens with zero attached hydrogens (tertiary/aromatic N) is 3. The highest BCUT2D eigenvalue weighted by Gasteiger charge is 2.05. The van der Waals surface area contributed by atoms with Crippen LogP contribution in [0.3, 0.4) is 0 Å². The first kappa shape index (κ1) is 17.0. The van der Waals surface area contributed by atoms with Crippen molar-refractivity contribution in [1.29, 1.82) is 0 Å². The van der Waals surface area contributed by atoms with Crippen molar-refractivity contribution in [1.82, 2.24) is 20.0 Å². The van der Waals surface area contributed by atoms with E-state index in [2.05, 4.69) is 25.0 Å². The summed E-state index contributed by atoms with van der Waals surface area (Å²) in [5.74, 6) is 0.400. The van der Waals surface area contributed by atoms with Crippen molar-refractivity contribution in [3.8, 4) is 0 Å². The van der Waals surface area contributed by atoms with Gasteiger partial charge in [-0.1, -0.05) is 24.3 Å². The van der Waals surface area contributed by atoms with E-state index in [-0.39, 0.29) is 12.4 Å². The number of aromatic nitrogens is 2. The average Bonchev–Trinajstić information content (AvgIpc) is 3.03. The topological polar surface area (TPSA) is 53.7 Å². The molecule has 0 aliphatic heterocycles. The Morgan fingerprint density at radius 3 is 2.76 bits per heavy atom. The van der Waals surface area contributed by atoms with Gasteiger partial charge < -0.3 is 15.0 Å². The number of benzene rings is 1. The van der Waals surface area contributed by atoms with Crippen molar-refractivity contribution in [3.63, 3.8) is 0 Å². The maximum Gasteiger partial charge on any atom is 0.191 e. The van der Waals surface area contributed by atoms with E-state index in [1.165, 1.54) is 6.07 Å². The van der Waals surface area contributed by atoms with Crippen molar-refractivity contribution in [2.75, 3.05) is 6.54 Å². The van der Waals surface area contributed by atoms with Gasteiger partial charge in [-0.05, 0) is 32.0 Å². The number of hydrogen-bond acceptors (Lipinski definition) is 2. The highest BCUT2D eigenvalue weighted by atomic mass is 19.1. The van der Waals surface area contributed by atoms with Gasteiger partial charge >= 0.3 is 0 Å². The molecule has 3 rings (SSSR count). The zero-order valence-electron chi connectivity index (χ0n) is 14.5. The minimum absolute atomic E-state index is 0.238. The fourth-order valence-corrected chi connectivity index (χ4v) is 2.59. The van der Waals surface area contributed by atoms with E-state index < -0.39 is 0 Å². The molecular formula is C19H22FN5. The summed E-state index contributed by atoms with van der Waals surface area (Å²) >= 11 is 0. The third-order valence-corrected chi connectivity index (χ3v) is 3.89. The molecule has 2 heterocycles. The molecule has 0 aliphatic carbocycles. The normalized spacial score (nSPS) is 11.7. The molecule has 5 nitrogen and oxygen atoms in total. The first-order valence-corrected chi connectivity index (χ1v) is 8.36. The van der Waals surface area contributed by atoms with E-state index in [0.717, 1.165) is 23.6 Å². The summed E-state index contributed by atoms with van der Waals surface area (Å²) in [6, 6.07) is 12.7. The summed E-state index contributed by atoms with van der Waals surface area (Å²) in [5.41, 5.74) is 3.55. The molecule has 0 bridgehead atoms. The number of nitrogens with one attached hydrogen (secondary N) is 2. The molecule has 0 fully saturated rings. The van der Waals surface area contributed by atoms with Crippen molar-refractivity contribution in [3.05, 3.63) is 71.4 Å². The zero-order chi connectivity index (χ0) is 17.6. The van der Waals surface area contributed by atoms with Crippen LogP contribution in [-0.2, 0) is 13.1 Å². The summed E-state index contributed by atoms with van der Waals surface area (Å²) in [4.78, 5) is 9.05. The van der Waals surface area contributed by atoms with E-state index in [0.29, 0.717) is 18.1 Å². The Bertz CT molecular complexity index is 884. The number of fused-ring (bicyclic) bond motifs is 1. The van der Waals surface area contributed by atoms with Gasteiger partial charge in [0.15, 0.2) is 5.96 Å². The monoisotopic (exact) mass is 339 g/mol. The molecule has 0 radical (unpaired) electrons. The molecule has 25 heavy (non-hydrogen) atoms. The van der Waals surface area contributed by atoms with Crippen molar-refractivity contribution >= 4 is 11.6 Å². The summed E-state index contributed by atoms with van der Waals surface area (Å²) < 4.78 is 15.8. The van der Waals surface area contributed by atoms with Gasteiger partial charge in [-0.25, -0.2) is 14.4 Å². The Kier molecular flexibility index (Phi) is 5.28. The smallest absolute Gasteiger partial charge is 0.191 e. The van der Waals surface area contributed by atoms with Gasteiger partial charge in [0.25, 0.3) is 0 Å². The number of imidazole rings is 1. The third kappa shape index (κ3) is 4.15. The van der Waals surface area contributed by atoms with Gasteiger partial charge in [-0.3, -0.25) is 0 Å². The van der Waals surface area contributed by atoms with Gasteiger partial charge in [-0.2, -0.15) is 0 Å². The zero-order valence-corrected chi connectivity index (χ0v) is 14.5. The van der Waals surface area contributed by atoms with Crippen LogP contribution in [0.15, 0.2) is 53.7 Å². The molecule has 0 spiro atoms. The van der Waals surface area contributed by atoms with Crippen LogP contribution in [0, 0.1) is 12.7 Å². The number of hydrogen-bond donors (Lipinski definition) is 2. The van der Waals surface area contributed by atoms with Gasteiger partial charge in [0, 0.05) is 24.0 Å². The Morgan fingerprint density at radius 2 is 2.00 bits per heavy atom. The molecule has 130 valence electrons. The van der Waals surface area contributed by atoms with Gasteiger partial charge in [0.05, 0.1) is 18.8 Å². The van der Waals surface area contributed by atoms with Crippen LogP contribution in [0.25, 0.3) is 5.65 Å². The number of aliphatic imine (C=N–C) groups is 1. The minimum atomic E-state index is -0.238. The number of rotatable bonds is 5.